The van der Waals surface area contributed by atoms with Crippen molar-refractivity contribution in [1.82, 2.24) is 4.57 Å². The second-order valence-corrected chi connectivity index (χ2v) is 6.60. The highest BCUT2D eigenvalue weighted by Gasteiger charge is 2.14. The van der Waals surface area contributed by atoms with Crippen LogP contribution in [-0.2, 0) is 13.0 Å². The molecule has 4 nitrogen and oxygen atoms in total. The van der Waals surface area contributed by atoms with Crippen LogP contribution in [0, 0.1) is 18.3 Å². The minimum atomic E-state index is 0.453. The van der Waals surface area contributed by atoms with E-state index in [1.165, 1.54) is 5.56 Å². The number of nitrogens with two attached hydrogens (primary N) is 1. The van der Waals surface area contributed by atoms with E-state index in [1.807, 2.05) is 60.0 Å². The van der Waals surface area contributed by atoms with Crippen molar-refractivity contribution in [2.75, 3.05) is 12.3 Å². The first kappa shape index (κ1) is 17.9. The molecule has 3 aromatic rings. The van der Waals surface area contributed by atoms with E-state index < -0.39 is 0 Å². The number of nitrogen functional groups attached to an aromatic ring is 1. The maximum absolute atomic E-state index is 9.42. The van der Waals surface area contributed by atoms with Crippen LogP contribution in [0.25, 0.3) is 0 Å². The molecule has 2 aromatic carbocycles. The molecule has 0 aliphatic carbocycles. The Balaban J connectivity index is 1.77. The van der Waals surface area contributed by atoms with Gasteiger partial charge < -0.3 is 15.0 Å². The lowest BCUT2D eigenvalue weighted by Gasteiger charge is -2.13. The number of ether oxygens (including phenoxy) is 1. The summed E-state index contributed by atoms with van der Waals surface area (Å²) < 4.78 is 7.73. The Kier molecular flexibility index (Phi) is 5.50. The Morgan fingerprint density at radius 2 is 1.92 bits per heavy atom. The number of benzene rings is 2. The molecule has 0 radical (unpaired) electrons. The van der Waals surface area contributed by atoms with E-state index in [1.54, 1.807) is 6.07 Å². The zero-order chi connectivity index (χ0) is 18.5. The molecule has 0 bridgehead atoms. The molecule has 0 amide bonds. The Morgan fingerprint density at radius 1 is 1.15 bits per heavy atom. The summed E-state index contributed by atoms with van der Waals surface area (Å²) in [6.45, 7) is 3.03. The van der Waals surface area contributed by atoms with Crippen LogP contribution in [0.1, 0.15) is 22.5 Å². The topological polar surface area (TPSA) is 64.0 Å². The van der Waals surface area contributed by atoms with Gasteiger partial charge in [0.05, 0.1) is 12.2 Å². The van der Waals surface area contributed by atoms with Crippen molar-refractivity contribution in [3.05, 3.63) is 82.1 Å². The quantitative estimate of drug-likeness (QED) is 0.695. The molecule has 0 atom stereocenters. The molecule has 5 heteroatoms. The van der Waals surface area contributed by atoms with Crippen molar-refractivity contribution >= 4 is 17.3 Å². The number of nitriles is 1. The van der Waals surface area contributed by atoms with Crippen LogP contribution in [0.15, 0.2) is 54.6 Å². The average molecular weight is 366 g/mol. The third-order valence-corrected chi connectivity index (χ3v) is 4.46. The average Bonchev–Trinajstić information content (AvgIpc) is 2.92. The summed E-state index contributed by atoms with van der Waals surface area (Å²) in [7, 11) is 0. The first-order chi connectivity index (χ1) is 12.6. The van der Waals surface area contributed by atoms with Crippen molar-refractivity contribution < 1.29 is 4.74 Å². The Hall–Kier alpha value is -2.90. The Labute approximate surface area is 158 Å². The number of hydrogen-bond donors (Lipinski definition) is 1. The maximum Gasteiger partial charge on any atom is 0.122 e. The van der Waals surface area contributed by atoms with Crippen LogP contribution in [0.2, 0.25) is 5.02 Å². The van der Waals surface area contributed by atoms with Gasteiger partial charge in [0.15, 0.2) is 0 Å². The van der Waals surface area contributed by atoms with Crippen LogP contribution in [0.5, 0.6) is 5.75 Å². The van der Waals surface area contributed by atoms with Gasteiger partial charge in [-0.25, -0.2) is 0 Å². The lowest BCUT2D eigenvalue weighted by molar-refractivity contribution is 0.296. The third-order valence-electron chi connectivity index (χ3n) is 4.22. The maximum atomic E-state index is 9.42. The minimum absolute atomic E-state index is 0.453. The minimum Gasteiger partial charge on any atom is -0.492 e. The van der Waals surface area contributed by atoms with Gasteiger partial charge in [0.2, 0.25) is 0 Å². The van der Waals surface area contributed by atoms with Gasteiger partial charge in [-0.1, -0.05) is 41.4 Å². The number of rotatable bonds is 6. The molecule has 1 aromatic heterocycles. The molecule has 3 rings (SSSR count). The first-order valence-corrected chi connectivity index (χ1v) is 8.76. The van der Waals surface area contributed by atoms with E-state index in [0.717, 1.165) is 17.0 Å². The third kappa shape index (κ3) is 4.19. The Bertz CT molecular complexity index is 939. The zero-order valence-electron chi connectivity index (χ0n) is 14.6. The predicted octanol–water partition coefficient (Wildman–Crippen LogP) is 4.57. The smallest absolute Gasteiger partial charge is 0.122 e. The molecule has 0 aliphatic rings. The lowest BCUT2D eigenvalue weighted by Crippen LogP contribution is -2.13. The lowest BCUT2D eigenvalue weighted by atomic mass is 10.1. The van der Waals surface area contributed by atoms with Crippen LogP contribution in [0.4, 0.5) is 5.69 Å². The fourth-order valence-corrected chi connectivity index (χ4v) is 3.10. The highest BCUT2D eigenvalue weighted by Crippen LogP contribution is 2.23. The monoisotopic (exact) mass is 365 g/mol. The van der Waals surface area contributed by atoms with Crippen molar-refractivity contribution in [3.63, 3.8) is 0 Å². The fraction of sp³-hybridized carbons (Fsp3) is 0.190. The number of aryl methyl sites for hydroxylation is 1. The second-order valence-electron chi connectivity index (χ2n) is 6.16. The molecule has 0 fully saturated rings. The summed E-state index contributed by atoms with van der Waals surface area (Å²) in [6, 6.07) is 19.5. The second kappa shape index (κ2) is 7.99. The molecule has 0 saturated heterocycles. The van der Waals surface area contributed by atoms with Gasteiger partial charge in [-0.15, -0.1) is 0 Å². The molecular formula is C21H20ClN3O. The SMILES string of the molecule is Cc1ccc(OCCn2c(C#N)cc(N)c2Cc2cccc(Cl)c2)cc1. The van der Waals surface area contributed by atoms with Gasteiger partial charge in [-0.2, -0.15) is 5.26 Å². The highest BCUT2D eigenvalue weighted by atomic mass is 35.5. The van der Waals surface area contributed by atoms with Crippen LogP contribution >= 0.6 is 11.6 Å². The van der Waals surface area contributed by atoms with Crippen molar-refractivity contribution in [2.24, 2.45) is 0 Å². The van der Waals surface area contributed by atoms with E-state index in [-0.39, 0.29) is 0 Å². The largest absolute Gasteiger partial charge is 0.492 e. The number of nitrogens with zero attached hydrogens (tertiary/aromatic N) is 2. The van der Waals surface area contributed by atoms with E-state index in [9.17, 15) is 5.26 Å². The van der Waals surface area contributed by atoms with Gasteiger partial charge in [0.1, 0.15) is 24.1 Å². The van der Waals surface area contributed by atoms with Crippen LogP contribution in [-0.4, -0.2) is 11.2 Å². The van der Waals surface area contributed by atoms with E-state index in [0.29, 0.717) is 36.0 Å². The van der Waals surface area contributed by atoms with Crippen molar-refractivity contribution in [3.8, 4) is 11.8 Å². The van der Waals surface area contributed by atoms with E-state index >= 15 is 0 Å². The summed E-state index contributed by atoms with van der Waals surface area (Å²) in [5, 5.41) is 10.1. The van der Waals surface area contributed by atoms with E-state index in [4.69, 9.17) is 22.1 Å². The Morgan fingerprint density at radius 3 is 2.62 bits per heavy atom. The summed E-state index contributed by atoms with van der Waals surface area (Å²) in [5.41, 5.74) is 10.4. The molecule has 1 heterocycles. The highest BCUT2D eigenvalue weighted by molar-refractivity contribution is 6.30. The normalized spacial score (nSPS) is 10.5. The van der Waals surface area contributed by atoms with Gasteiger partial charge in [-0.05, 0) is 42.8 Å². The number of anilines is 1. The predicted molar refractivity (Wildman–Crippen MR) is 104 cm³/mol. The first-order valence-electron chi connectivity index (χ1n) is 8.38. The standard InChI is InChI=1S/C21H20ClN3O/c1-15-5-7-19(8-6-15)26-10-9-25-18(14-23)13-20(24)21(25)12-16-3-2-4-17(22)11-16/h2-8,11,13H,9-10,12,24H2,1H3. The summed E-state index contributed by atoms with van der Waals surface area (Å²) in [4.78, 5) is 0. The molecular weight excluding hydrogens is 346 g/mol. The van der Waals surface area contributed by atoms with Crippen LogP contribution in [0.3, 0.4) is 0 Å². The summed E-state index contributed by atoms with van der Waals surface area (Å²) >= 11 is 6.08. The van der Waals surface area contributed by atoms with Gasteiger partial charge in [-0.3, -0.25) is 0 Å². The zero-order valence-corrected chi connectivity index (χ0v) is 15.3. The molecule has 2 N–H and O–H groups in total. The number of hydrogen-bond acceptors (Lipinski definition) is 3. The molecule has 132 valence electrons. The van der Waals surface area contributed by atoms with Gasteiger partial charge in [0, 0.05) is 17.1 Å². The van der Waals surface area contributed by atoms with Crippen molar-refractivity contribution in [2.45, 2.75) is 19.9 Å². The molecule has 0 spiro atoms. The van der Waals surface area contributed by atoms with Crippen molar-refractivity contribution in [1.29, 1.82) is 5.26 Å². The van der Waals surface area contributed by atoms with E-state index in [2.05, 4.69) is 6.07 Å². The number of aromatic nitrogens is 1. The number of halogens is 1. The molecule has 0 saturated carbocycles. The van der Waals surface area contributed by atoms with Gasteiger partial charge >= 0.3 is 0 Å². The van der Waals surface area contributed by atoms with Crippen LogP contribution < -0.4 is 10.5 Å². The summed E-state index contributed by atoms with van der Waals surface area (Å²) in [5.74, 6) is 0.811. The fourth-order valence-electron chi connectivity index (χ4n) is 2.88. The van der Waals surface area contributed by atoms with Gasteiger partial charge in [0.25, 0.3) is 0 Å². The molecule has 0 aliphatic heterocycles. The molecule has 0 unspecified atom stereocenters. The summed E-state index contributed by atoms with van der Waals surface area (Å²) in [6.07, 6.45) is 0.610. The molecule has 26 heavy (non-hydrogen) atoms.